The van der Waals surface area contributed by atoms with E-state index in [4.69, 9.17) is 10.00 Å². The van der Waals surface area contributed by atoms with Gasteiger partial charge in [0.2, 0.25) is 10.0 Å². The smallest absolute Gasteiger partial charge is 0.322 e. The first-order valence-corrected chi connectivity index (χ1v) is 9.39. The van der Waals surface area contributed by atoms with E-state index in [-0.39, 0.29) is 28.8 Å². The number of nitriles is 1. The molecule has 1 unspecified atom stereocenters. The molecule has 1 aliphatic carbocycles. The van der Waals surface area contributed by atoms with Crippen LogP contribution in [0.5, 0.6) is 5.75 Å². The van der Waals surface area contributed by atoms with Gasteiger partial charge in [-0.1, -0.05) is 0 Å². The van der Waals surface area contributed by atoms with Crippen LogP contribution in [0, 0.1) is 11.3 Å². The number of carbonyl (C=O) groups excluding carboxylic acids is 2. The van der Waals surface area contributed by atoms with Gasteiger partial charge >= 0.3 is 6.03 Å². The molecular weight excluding hydrogens is 360 g/mol. The second-order valence-electron chi connectivity index (χ2n) is 6.33. The van der Waals surface area contributed by atoms with Crippen molar-refractivity contribution in [2.75, 3.05) is 13.7 Å². The Bertz CT molecular complexity index is 919. The van der Waals surface area contributed by atoms with E-state index in [0.717, 1.165) is 4.31 Å². The molecule has 0 bridgehead atoms. The SMILES string of the molecule is COc1ccc(S(=O)(=O)N(CC#N)C2CC2)cc1C1(C)NC(=O)NC1=O. The van der Waals surface area contributed by atoms with Crippen LogP contribution in [-0.4, -0.2) is 44.4 Å². The number of sulfonamides is 1. The summed E-state index contributed by atoms with van der Waals surface area (Å²) in [7, 11) is -2.54. The Morgan fingerprint density at radius 2 is 2.08 bits per heavy atom. The lowest BCUT2D eigenvalue weighted by atomic mass is 9.91. The molecule has 0 spiro atoms. The summed E-state index contributed by atoms with van der Waals surface area (Å²) in [5.74, 6) is -0.339. The molecule has 2 N–H and O–H groups in total. The largest absolute Gasteiger partial charge is 0.496 e. The van der Waals surface area contributed by atoms with Crippen LogP contribution in [-0.2, 0) is 20.4 Å². The lowest BCUT2D eigenvalue weighted by Crippen LogP contribution is -2.41. The van der Waals surface area contributed by atoms with E-state index in [1.54, 1.807) is 0 Å². The third-order valence-electron chi connectivity index (χ3n) is 4.54. The third-order valence-corrected chi connectivity index (χ3v) is 6.44. The molecule has 3 amide bonds. The Morgan fingerprint density at radius 1 is 1.38 bits per heavy atom. The summed E-state index contributed by atoms with van der Waals surface area (Å²) in [6.07, 6.45) is 1.42. The fraction of sp³-hybridized carbons (Fsp3) is 0.438. The van der Waals surface area contributed by atoms with Gasteiger partial charge in [0.1, 0.15) is 17.8 Å². The minimum Gasteiger partial charge on any atom is -0.496 e. The van der Waals surface area contributed by atoms with Crippen molar-refractivity contribution in [1.29, 1.82) is 5.26 Å². The molecule has 138 valence electrons. The molecule has 3 rings (SSSR count). The van der Waals surface area contributed by atoms with Crippen molar-refractivity contribution in [2.24, 2.45) is 0 Å². The van der Waals surface area contributed by atoms with Gasteiger partial charge in [0.05, 0.1) is 18.1 Å². The maximum absolute atomic E-state index is 13.0. The van der Waals surface area contributed by atoms with E-state index in [0.29, 0.717) is 12.8 Å². The molecule has 1 saturated heterocycles. The molecule has 9 nitrogen and oxygen atoms in total. The van der Waals surface area contributed by atoms with Crippen molar-refractivity contribution in [3.8, 4) is 11.8 Å². The number of hydrogen-bond donors (Lipinski definition) is 2. The average molecular weight is 378 g/mol. The third kappa shape index (κ3) is 2.89. The highest BCUT2D eigenvalue weighted by Crippen LogP contribution is 2.37. The normalized spacial score (nSPS) is 22.7. The average Bonchev–Trinajstić information content (AvgIpc) is 3.39. The molecule has 0 radical (unpaired) electrons. The van der Waals surface area contributed by atoms with Crippen molar-refractivity contribution >= 4 is 22.0 Å². The van der Waals surface area contributed by atoms with Gasteiger partial charge in [0.25, 0.3) is 5.91 Å². The summed E-state index contributed by atoms with van der Waals surface area (Å²) in [6.45, 7) is 1.22. The van der Waals surface area contributed by atoms with E-state index >= 15 is 0 Å². The second-order valence-corrected chi connectivity index (χ2v) is 8.23. The Kier molecular flexibility index (Phi) is 4.37. The highest BCUT2D eigenvalue weighted by atomic mass is 32.2. The van der Waals surface area contributed by atoms with Crippen molar-refractivity contribution in [1.82, 2.24) is 14.9 Å². The van der Waals surface area contributed by atoms with Gasteiger partial charge in [-0.25, -0.2) is 13.2 Å². The van der Waals surface area contributed by atoms with Crippen LogP contribution in [0.4, 0.5) is 4.79 Å². The molecular formula is C16H18N4O5S. The van der Waals surface area contributed by atoms with Crippen molar-refractivity contribution < 1.29 is 22.7 Å². The summed E-state index contributed by atoms with van der Waals surface area (Å²) in [5, 5.41) is 13.6. The van der Waals surface area contributed by atoms with Gasteiger partial charge in [-0.3, -0.25) is 10.1 Å². The zero-order chi connectivity index (χ0) is 19.1. The number of benzene rings is 1. The van der Waals surface area contributed by atoms with Crippen LogP contribution in [0.15, 0.2) is 23.1 Å². The fourth-order valence-electron chi connectivity index (χ4n) is 2.95. The van der Waals surface area contributed by atoms with Gasteiger partial charge < -0.3 is 10.1 Å². The van der Waals surface area contributed by atoms with E-state index in [1.807, 2.05) is 6.07 Å². The molecule has 26 heavy (non-hydrogen) atoms. The van der Waals surface area contributed by atoms with Gasteiger partial charge in [-0.15, -0.1) is 0 Å². The van der Waals surface area contributed by atoms with Crippen molar-refractivity contribution in [2.45, 2.75) is 36.2 Å². The number of carbonyl (C=O) groups is 2. The lowest BCUT2D eigenvalue weighted by molar-refractivity contribution is -0.123. The van der Waals surface area contributed by atoms with Crippen LogP contribution in [0.25, 0.3) is 0 Å². The summed E-state index contributed by atoms with van der Waals surface area (Å²) < 4.78 is 32.3. The molecule has 0 aromatic heterocycles. The van der Waals surface area contributed by atoms with E-state index in [2.05, 4.69) is 10.6 Å². The zero-order valence-electron chi connectivity index (χ0n) is 14.3. The topological polar surface area (TPSA) is 129 Å². The van der Waals surface area contributed by atoms with Crippen LogP contribution in [0.2, 0.25) is 0 Å². The first-order valence-electron chi connectivity index (χ1n) is 7.95. The van der Waals surface area contributed by atoms with Gasteiger partial charge in [0.15, 0.2) is 0 Å². The number of ether oxygens (including phenoxy) is 1. The number of nitrogens with one attached hydrogen (secondary N) is 2. The number of urea groups is 1. The summed E-state index contributed by atoms with van der Waals surface area (Å²) in [4.78, 5) is 23.7. The van der Waals surface area contributed by atoms with Crippen LogP contribution in [0.3, 0.4) is 0 Å². The number of methoxy groups -OCH3 is 1. The number of amides is 3. The minimum atomic E-state index is -3.92. The molecule has 1 aromatic carbocycles. The second kappa shape index (κ2) is 6.26. The van der Waals surface area contributed by atoms with Gasteiger partial charge in [0, 0.05) is 11.6 Å². The van der Waals surface area contributed by atoms with E-state index in [1.165, 1.54) is 32.2 Å². The Hall–Kier alpha value is -2.64. The first-order chi connectivity index (χ1) is 12.2. The van der Waals surface area contributed by atoms with Crippen LogP contribution < -0.4 is 15.4 Å². The quantitative estimate of drug-likeness (QED) is 0.545. The predicted octanol–water partition coefficient (Wildman–Crippen LogP) is 0.426. The standard InChI is InChI=1S/C16H18N4O5S/c1-16(14(21)18-15(22)19-16)12-9-11(5-6-13(12)25-2)26(23,24)20(8-7-17)10-3-4-10/h5-6,9-10H,3-4,8H2,1-2H3,(H2,18,19,21,22). The molecule has 2 fully saturated rings. The van der Waals surface area contributed by atoms with Crippen LogP contribution in [0.1, 0.15) is 25.3 Å². The monoisotopic (exact) mass is 378 g/mol. The number of rotatable bonds is 6. The lowest BCUT2D eigenvalue weighted by Gasteiger charge is -2.25. The Labute approximate surface area is 151 Å². The zero-order valence-corrected chi connectivity index (χ0v) is 15.1. The number of hydrogen-bond acceptors (Lipinski definition) is 6. The highest BCUT2D eigenvalue weighted by molar-refractivity contribution is 7.89. The maximum Gasteiger partial charge on any atom is 0.322 e. The molecule has 1 heterocycles. The van der Waals surface area contributed by atoms with Crippen molar-refractivity contribution in [3.05, 3.63) is 23.8 Å². The Balaban J connectivity index is 2.10. The predicted molar refractivity (Wildman–Crippen MR) is 89.5 cm³/mol. The summed E-state index contributed by atoms with van der Waals surface area (Å²) in [5.41, 5.74) is -1.25. The fourth-order valence-corrected chi connectivity index (χ4v) is 4.56. The maximum atomic E-state index is 13.0. The Morgan fingerprint density at radius 3 is 2.58 bits per heavy atom. The van der Waals surface area contributed by atoms with Gasteiger partial charge in [-0.05, 0) is 38.0 Å². The van der Waals surface area contributed by atoms with E-state index in [9.17, 15) is 18.0 Å². The molecule has 10 heteroatoms. The first kappa shape index (κ1) is 18.2. The number of nitrogens with zero attached hydrogens (tertiary/aromatic N) is 2. The molecule has 1 saturated carbocycles. The summed E-state index contributed by atoms with van der Waals surface area (Å²) in [6, 6.07) is 5.13. The minimum absolute atomic E-state index is 0.0642. The number of imide groups is 1. The summed E-state index contributed by atoms with van der Waals surface area (Å²) >= 11 is 0. The molecule has 1 atom stereocenters. The molecule has 1 aliphatic heterocycles. The highest BCUT2D eigenvalue weighted by Gasteiger charge is 2.46. The van der Waals surface area contributed by atoms with E-state index < -0.39 is 27.5 Å². The van der Waals surface area contributed by atoms with Crippen LogP contribution >= 0.6 is 0 Å². The van der Waals surface area contributed by atoms with Crippen molar-refractivity contribution in [3.63, 3.8) is 0 Å². The van der Waals surface area contributed by atoms with Gasteiger partial charge in [-0.2, -0.15) is 9.57 Å². The molecule has 1 aromatic rings. The molecule has 2 aliphatic rings.